The lowest BCUT2D eigenvalue weighted by Gasteiger charge is -2.13. The van der Waals surface area contributed by atoms with Crippen molar-refractivity contribution in [3.63, 3.8) is 0 Å². The van der Waals surface area contributed by atoms with Crippen molar-refractivity contribution in [1.82, 2.24) is 0 Å². The zero-order chi connectivity index (χ0) is 15.5. The number of allylic oxidation sites excluding steroid dienone is 4. The zero-order valence-electron chi connectivity index (χ0n) is 13.3. The Kier molecular flexibility index (Phi) is 4.11. The minimum Gasteiger partial charge on any atom is -0.0961 e. The summed E-state index contributed by atoms with van der Waals surface area (Å²) in [4.78, 5) is 0. The van der Waals surface area contributed by atoms with E-state index in [1.807, 2.05) is 6.92 Å². The van der Waals surface area contributed by atoms with Crippen molar-refractivity contribution < 1.29 is 0 Å². The van der Waals surface area contributed by atoms with Gasteiger partial charge in [-0.15, -0.1) is 0 Å². The largest absolute Gasteiger partial charge is 0.0961 e. The zero-order valence-corrected chi connectivity index (χ0v) is 13.3. The molecule has 3 rings (SSSR count). The molecule has 0 fully saturated rings. The molecule has 0 radical (unpaired) electrons. The molecule has 0 aliphatic heterocycles. The van der Waals surface area contributed by atoms with E-state index >= 15 is 0 Å². The Balaban J connectivity index is 2.11. The van der Waals surface area contributed by atoms with Crippen molar-refractivity contribution in [3.05, 3.63) is 89.5 Å². The summed E-state index contributed by atoms with van der Waals surface area (Å²) in [5.41, 5.74) is 7.99. The molecule has 110 valence electrons. The van der Waals surface area contributed by atoms with Gasteiger partial charge < -0.3 is 0 Å². The molecule has 2 aromatic rings. The summed E-state index contributed by atoms with van der Waals surface area (Å²) < 4.78 is 0. The quantitative estimate of drug-likeness (QED) is 0.572. The van der Waals surface area contributed by atoms with Crippen LogP contribution in [0.1, 0.15) is 37.3 Å². The molecule has 0 amide bonds. The Morgan fingerprint density at radius 1 is 1.09 bits per heavy atom. The van der Waals surface area contributed by atoms with Gasteiger partial charge in [0.1, 0.15) is 0 Å². The second-order valence-corrected chi connectivity index (χ2v) is 5.93. The molecule has 0 saturated carbocycles. The highest BCUT2D eigenvalue weighted by Gasteiger charge is 2.23. The third-order valence-corrected chi connectivity index (χ3v) is 4.27. The molecule has 0 nitrogen and oxygen atoms in total. The van der Waals surface area contributed by atoms with E-state index in [-0.39, 0.29) is 0 Å². The second-order valence-electron chi connectivity index (χ2n) is 5.93. The van der Waals surface area contributed by atoms with Crippen LogP contribution in [0.15, 0.2) is 78.4 Å². The molecule has 0 aromatic heterocycles. The normalized spacial score (nSPS) is 16.6. The van der Waals surface area contributed by atoms with Crippen LogP contribution < -0.4 is 0 Å². The molecule has 2 aromatic carbocycles. The van der Waals surface area contributed by atoms with Crippen molar-refractivity contribution in [1.29, 1.82) is 0 Å². The summed E-state index contributed by atoms with van der Waals surface area (Å²) in [5, 5.41) is 0. The topological polar surface area (TPSA) is 0 Å². The summed E-state index contributed by atoms with van der Waals surface area (Å²) in [6, 6.07) is 17.3. The van der Waals surface area contributed by atoms with Crippen LogP contribution in [0.25, 0.3) is 17.2 Å². The maximum absolute atomic E-state index is 3.98. The highest BCUT2D eigenvalue weighted by Crippen LogP contribution is 2.43. The molecule has 1 aliphatic rings. The average Bonchev–Trinajstić information content (AvgIpc) is 2.91. The van der Waals surface area contributed by atoms with Gasteiger partial charge in [-0.1, -0.05) is 91.4 Å². The Hall–Kier alpha value is -2.34. The van der Waals surface area contributed by atoms with Gasteiger partial charge in [-0.25, -0.2) is 0 Å². The van der Waals surface area contributed by atoms with Gasteiger partial charge >= 0.3 is 0 Å². The van der Waals surface area contributed by atoms with Gasteiger partial charge in [-0.3, -0.25) is 0 Å². The SMILES string of the molecule is C=C(C)C=CC1C(CC)=Cc2c(-c3ccccc3)cccc21. The number of rotatable bonds is 4. The summed E-state index contributed by atoms with van der Waals surface area (Å²) >= 11 is 0. The summed E-state index contributed by atoms with van der Waals surface area (Å²) in [5.74, 6) is 0.389. The Morgan fingerprint density at radius 3 is 2.55 bits per heavy atom. The number of hydrogen-bond donors (Lipinski definition) is 0. The molecule has 0 saturated heterocycles. The van der Waals surface area contributed by atoms with Crippen molar-refractivity contribution in [2.45, 2.75) is 26.2 Å². The van der Waals surface area contributed by atoms with Crippen molar-refractivity contribution >= 4 is 6.08 Å². The van der Waals surface area contributed by atoms with Crippen LogP contribution in [-0.2, 0) is 0 Å². The van der Waals surface area contributed by atoms with Crippen LogP contribution in [0.4, 0.5) is 0 Å². The van der Waals surface area contributed by atoms with E-state index in [1.165, 1.54) is 27.8 Å². The van der Waals surface area contributed by atoms with Crippen molar-refractivity contribution in [2.24, 2.45) is 0 Å². The minimum absolute atomic E-state index is 0.389. The van der Waals surface area contributed by atoms with Gasteiger partial charge in [-0.05, 0) is 35.6 Å². The fourth-order valence-electron chi connectivity index (χ4n) is 3.17. The molecular formula is C22H22. The molecular weight excluding hydrogens is 264 g/mol. The molecule has 1 atom stereocenters. The predicted molar refractivity (Wildman–Crippen MR) is 96.8 cm³/mol. The van der Waals surface area contributed by atoms with Gasteiger partial charge in [0.2, 0.25) is 0 Å². The van der Waals surface area contributed by atoms with E-state index in [2.05, 4.69) is 80.3 Å². The van der Waals surface area contributed by atoms with E-state index in [0.29, 0.717) is 5.92 Å². The molecule has 0 N–H and O–H groups in total. The summed E-state index contributed by atoms with van der Waals surface area (Å²) in [7, 11) is 0. The molecule has 0 spiro atoms. The molecule has 0 bridgehead atoms. The summed E-state index contributed by atoms with van der Waals surface area (Å²) in [6.45, 7) is 8.26. The van der Waals surface area contributed by atoms with E-state index in [4.69, 9.17) is 0 Å². The van der Waals surface area contributed by atoms with E-state index in [1.54, 1.807) is 0 Å². The fraction of sp³-hybridized carbons (Fsp3) is 0.182. The standard InChI is InChI=1S/C22H22/c1-4-17-15-22-19(18-9-6-5-7-10-18)11-8-12-21(22)20(17)14-13-16(2)3/h5-15,20H,2,4H2,1,3H3. The lowest BCUT2D eigenvalue weighted by Crippen LogP contribution is -1.95. The smallest absolute Gasteiger partial charge is 0.0240 e. The van der Waals surface area contributed by atoms with Crippen molar-refractivity contribution in [2.75, 3.05) is 0 Å². The Morgan fingerprint density at radius 2 is 1.86 bits per heavy atom. The monoisotopic (exact) mass is 286 g/mol. The molecule has 22 heavy (non-hydrogen) atoms. The third kappa shape index (κ3) is 2.69. The maximum atomic E-state index is 3.98. The highest BCUT2D eigenvalue weighted by molar-refractivity contribution is 5.82. The summed E-state index contributed by atoms with van der Waals surface area (Å²) in [6.07, 6.45) is 7.88. The first-order valence-corrected chi connectivity index (χ1v) is 7.93. The first-order valence-electron chi connectivity index (χ1n) is 7.93. The highest BCUT2D eigenvalue weighted by atomic mass is 14.3. The van der Waals surface area contributed by atoms with Gasteiger partial charge in [0, 0.05) is 5.92 Å². The minimum atomic E-state index is 0.389. The molecule has 0 heteroatoms. The van der Waals surface area contributed by atoms with E-state index in [9.17, 15) is 0 Å². The number of benzene rings is 2. The first kappa shape index (κ1) is 14.6. The van der Waals surface area contributed by atoms with Gasteiger partial charge in [-0.2, -0.15) is 0 Å². The van der Waals surface area contributed by atoms with Gasteiger partial charge in [0.15, 0.2) is 0 Å². The number of hydrogen-bond acceptors (Lipinski definition) is 0. The number of fused-ring (bicyclic) bond motifs is 1. The van der Waals surface area contributed by atoms with Gasteiger partial charge in [0.05, 0.1) is 0 Å². The van der Waals surface area contributed by atoms with Crippen LogP contribution in [-0.4, -0.2) is 0 Å². The Bertz CT molecular complexity index is 745. The van der Waals surface area contributed by atoms with Crippen LogP contribution >= 0.6 is 0 Å². The van der Waals surface area contributed by atoms with Crippen LogP contribution in [0, 0.1) is 0 Å². The van der Waals surface area contributed by atoms with Gasteiger partial charge in [0.25, 0.3) is 0 Å². The first-order chi connectivity index (χ1) is 10.7. The van der Waals surface area contributed by atoms with Crippen molar-refractivity contribution in [3.8, 4) is 11.1 Å². The lowest BCUT2D eigenvalue weighted by atomic mass is 9.91. The van der Waals surface area contributed by atoms with Crippen LogP contribution in [0.5, 0.6) is 0 Å². The lowest BCUT2D eigenvalue weighted by molar-refractivity contribution is 0.939. The van der Waals surface area contributed by atoms with E-state index < -0.39 is 0 Å². The second kappa shape index (κ2) is 6.19. The van der Waals surface area contributed by atoms with E-state index in [0.717, 1.165) is 12.0 Å². The maximum Gasteiger partial charge on any atom is 0.0240 e. The molecule has 0 heterocycles. The van der Waals surface area contributed by atoms with Crippen LogP contribution in [0.2, 0.25) is 0 Å². The fourth-order valence-corrected chi connectivity index (χ4v) is 3.17. The Labute approximate surface area is 133 Å². The predicted octanol–water partition coefficient (Wildman–Crippen LogP) is 6.38. The van der Waals surface area contributed by atoms with Crippen LogP contribution in [0.3, 0.4) is 0 Å². The average molecular weight is 286 g/mol. The molecule has 1 unspecified atom stereocenters. The molecule has 1 aliphatic carbocycles. The third-order valence-electron chi connectivity index (χ3n) is 4.27.